The molecule has 0 heterocycles. The third-order valence-corrected chi connectivity index (χ3v) is 2.75. The molecular weight excluding hydrogens is 164 g/mol. The Morgan fingerprint density at radius 1 is 1.54 bits per heavy atom. The number of aliphatic hydroxyl groups excluding tert-OH is 1. The summed E-state index contributed by atoms with van der Waals surface area (Å²) in [6.45, 7) is 7.28. The minimum atomic E-state index is 0.217. The van der Waals surface area contributed by atoms with Crippen LogP contribution in [-0.4, -0.2) is 42.8 Å². The smallest absolute Gasteiger partial charge is 0.0558 e. The summed E-state index contributed by atoms with van der Waals surface area (Å²) >= 11 is 0. The van der Waals surface area contributed by atoms with E-state index in [1.807, 2.05) is 6.08 Å². The van der Waals surface area contributed by atoms with Crippen LogP contribution in [0.4, 0.5) is 0 Å². The number of aliphatic hydroxyl groups is 1. The largest absolute Gasteiger partial charge is 0.395 e. The van der Waals surface area contributed by atoms with E-state index in [4.69, 9.17) is 10.8 Å². The summed E-state index contributed by atoms with van der Waals surface area (Å²) in [5.41, 5.74) is 6.05. The van der Waals surface area contributed by atoms with Crippen molar-refractivity contribution in [2.45, 2.75) is 12.8 Å². The van der Waals surface area contributed by atoms with E-state index in [0.717, 1.165) is 26.2 Å². The van der Waals surface area contributed by atoms with Crippen molar-refractivity contribution in [3.8, 4) is 0 Å². The van der Waals surface area contributed by atoms with E-state index in [2.05, 4.69) is 11.5 Å². The van der Waals surface area contributed by atoms with Gasteiger partial charge in [0.15, 0.2) is 0 Å². The molecular formula is C10H20N2O. The Morgan fingerprint density at radius 3 is 2.62 bits per heavy atom. The van der Waals surface area contributed by atoms with Gasteiger partial charge in [0.25, 0.3) is 0 Å². The molecule has 3 heteroatoms. The van der Waals surface area contributed by atoms with Crippen LogP contribution in [0, 0.1) is 5.41 Å². The monoisotopic (exact) mass is 184 g/mol. The fourth-order valence-corrected chi connectivity index (χ4v) is 1.64. The molecule has 0 amide bonds. The molecule has 1 aliphatic rings. The summed E-state index contributed by atoms with van der Waals surface area (Å²) in [5.74, 6) is 0. The van der Waals surface area contributed by atoms with Crippen LogP contribution in [0.15, 0.2) is 12.7 Å². The van der Waals surface area contributed by atoms with Gasteiger partial charge in [-0.25, -0.2) is 0 Å². The van der Waals surface area contributed by atoms with Gasteiger partial charge in [-0.05, 0) is 24.8 Å². The summed E-state index contributed by atoms with van der Waals surface area (Å²) in [7, 11) is 0. The first-order valence-corrected chi connectivity index (χ1v) is 4.90. The first-order valence-electron chi connectivity index (χ1n) is 4.90. The molecule has 1 fully saturated rings. The minimum absolute atomic E-state index is 0.217. The van der Waals surface area contributed by atoms with E-state index in [0.29, 0.717) is 5.41 Å². The van der Waals surface area contributed by atoms with Crippen molar-refractivity contribution in [3.63, 3.8) is 0 Å². The van der Waals surface area contributed by atoms with Crippen molar-refractivity contribution >= 4 is 0 Å². The Balaban J connectivity index is 2.32. The summed E-state index contributed by atoms with van der Waals surface area (Å²) in [5, 5.41) is 8.85. The summed E-state index contributed by atoms with van der Waals surface area (Å²) in [6.07, 6.45) is 4.35. The van der Waals surface area contributed by atoms with Gasteiger partial charge in [-0.3, -0.25) is 4.90 Å². The quantitative estimate of drug-likeness (QED) is 0.556. The molecule has 0 aliphatic heterocycles. The molecule has 0 bridgehead atoms. The van der Waals surface area contributed by atoms with Gasteiger partial charge in [-0.15, -0.1) is 6.58 Å². The molecule has 1 aliphatic carbocycles. The normalized spacial score (nSPS) is 19.0. The van der Waals surface area contributed by atoms with E-state index in [9.17, 15) is 0 Å². The first-order chi connectivity index (χ1) is 6.26. The van der Waals surface area contributed by atoms with Gasteiger partial charge >= 0.3 is 0 Å². The molecule has 0 saturated heterocycles. The number of nitrogens with two attached hydrogens (primary N) is 1. The lowest BCUT2D eigenvalue weighted by molar-refractivity contribution is 0.183. The van der Waals surface area contributed by atoms with Crippen LogP contribution in [0.25, 0.3) is 0 Å². The number of nitrogens with zero attached hydrogens (tertiary/aromatic N) is 1. The lowest BCUT2D eigenvalue weighted by atomic mass is 10.1. The topological polar surface area (TPSA) is 49.5 Å². The maximum atomic E-state index is 8.85. The fraction of sp³-hybridized carbons (Fsp3) is 0.800. The second kappa shape index (κ2) is 4.74. The third-order valence-electron chi connectivity index (χ3n) is 2.75. The SMILES string of the molecule is C=CCN(CCO)CC1(CN)CC1. The minimum Gasteiger partial charge on any atom is -0.395 e. The number of rotatable bonds is 7. The van der Waals surface area contributed by atoms with Crippen LogP contribution < -0.4 is 5.73 Å². The molecule has 76 valence electrons. The molecule has 0 aromatic heterocycles. The first kappa shape index (κ1) is 10.7. The van der Waals surface area contributed by atoms with Gasteiger partial charge in [0.05, 0.1) is 6.61 Å². The maximum Gasteiger partial charge on any atom is 0.0558 e. The lowest BCUT2D eigenvalue weighted by Gasteiger charge is -2.24. The molecule has 0 radical (unpaired) electrons. The number of hydrogen-bond donors (Lipinski definition) is 2. The average molecular weight is 184 g/mol. The predicted molar refractivity (Wildman–Crippen MR) is 54.4 cm³/mol. The Bertz CT molecular complexity index is 166. The van der Waals surface area contributed by atoms with Gasteiger partial charge in [0.2, 0.25) is 0 Å². The zero-order valence-electron chi connectivity index (χ0n) is 8.21. The Morgan fingerprint density at radius 2 is 2.23 bits per heavy atom. The van der Waals surface area contributed by atoms with Gasteiger partial charge in [0.1, 0.15) is 0 Å². The summed E-state index contributed by atoms with van der Waals surface area (Å²) in [4.78, 5) is 2.22. The zero-order valence-corrected chi connectivity index (χ0v) is 8.21. The zero-order chi connectivity index (χ0) is 9.73. The standard InChI is InChI=1S/C10H20N2O/c1-2-5-12(6-7-13)9-10(8-11)3-4-10/h2,13H,1,3-9,11H2. The van der Waals surface area contributed by atoms with Crippen molar-refractivity contribution in [2.24, 2.45) is 11.1 Å². The predicted octanol–water partition coefficient (Wildman–Crippen LogP) is 0.206. The van der Waals surface area contributed by atoms with E-state index in [-0.39, 0.29) is 6.61 Å². The molecule has 0 atom stereocenters. The van der Waals surface area contributed by atoms with Crippen LogP contribution in [0.5, 0.6) is 0 Å². The van der Waals surface area contributed by atoms with E-state index >= 15 is 0 Å². The second-order valence-corrected chi connectivity index (χ2v) is 3.95. The van der Waals surface area contributed by atoms with Crippen molar-refractivity contribution in [3.05, 3.63) is 12.7 Å². The van der Waals surface area contributed by atoms with Crippen molar-refractivity contribution in [1.29, 1.82) is 0 Å². The molecule has 0 unspecified atom stereocenters. The molecule has 1 rings (SSSR count). The van der Waals surface area contributed by atoms with E-state index in [1.165, 1.54) is 12.8 Å². The molecule has 3 N–H and O–H groups in total. The lowest BCUT2D eigenvalue weighted by Crippen LogP contribution is -2.36. The van der Waals surface area contributed by atoms with Gasteiger partial charge < -0.3 is 10.8 Å². The Kier molecular flexibility index (Phi) is 3.90. The van der Waals surface area contributed by atoms with Crippen LogP contribution in [0.3, 0.4) is 0 Å². The van der Waals surface area contributed by atoms with Crippen molar-refractivity contribution < 1.29 is 5.11 Å². The highest BCUT2D eigenvalue weighted by atomic mass is 16.3. The van der Waals surface area contributed by atoms with Gasteiger partial charge in [-0.2, -0.15) is 0 Å². The fourth-order valence-electron chi connectivity index (χ4n) is 1.64. The molecule has 0 aromatic carbocycles. The molecule has 1 saturated carbocycles. The molecule has 3 nitrogen and oxygen atoms in total. The van der Waals surface area contributed by atoms with E-state index in [1.54, 1.807) is 0 Å². The highest BCUT2D eigenvalue weighted by Gasteiger charge is 2.42. The molecule has 13 heavy (non-hydrogen) atoms. The average Bonchev–Trinajstić information content (AvgIpc) is 2.87. The molecule has 0 spiro atoms. The second-order valence-electron chi connectivity index (χ2n) is 3.95. The van der Waals surface area contributed by atoms with Gasteiger partial charge in [0, 0.05) is 19.6 Å². The van der Waals surface area contributed by atoms with E-state index < -0.39 is 0 Å². The van der Waals surface area contributed by atoms with Crippen molar-refractivity contribution in [2.75, 3.05) is 32.8 Å². The Labute approximate surface area is 80.2 Å². The highest BCUT2D eigenvalue weighted by Crippen LogP contribution is 2.44. The summed E-state index contributed by atoms with van der Waals surface area (Å²) < 4.78 is 0. The van der Waals surface area contributed by atoms with Crippen molar-refractivity contribution in [1.82, 2.24) is 4.90 Å². The van der Waals surface area contributed by atoms with Gasteiger partial charge in [-0.1, -0.05) is 6.08 Å². The summed E-state index contributed by atoms with van der Waals surface area (Å²) in [6, 6.07) is 0. The Hall–Kier alpha value is -0.380. The maximum absolute atomic E-state index is 8.85. The van der Waals surface area contributed by atoms with Crippen LogP contribution in [0.1, 0.15) is 12.8 Å². The third kappa shape index (κ3) is 3.10. The molecule has 0 aromatic rings. The number of hydrogen-bond acceptors (Lipinski definition) is 3. The highest BCUT2D eigenvalue weighted by molar-refractivity contribution is 4.97. The van der Waals surface area contributed by atoms with Crippen LogP contribution >= 0.6 is 0 Å². The van der Waals surface area contributed by atoms with Crippen LogP contribution in [-0.2, 0) is 0 Å². The van der Waals surface area contributed by atoms with Crippen LogP contribution in [0.2, 0.25) is 0 Å².